The molecule has 1 fully saturated rings. The predicted octanol–water partition coefficient (Wildman–Crippen LogP) is 4.06. The number of ether oxygens (including phenoxy) is 2. The summed E-state index contributed by atoms with van der Waals surface area (Å²) in [5, 5.41) is 3.06. The lowest BCUT2D eigenvalue weighted by Crippen LogP contribution is -2.27. The third-order valence-corrected chi connectivity index (χ3v) is 5.80. The molecular formula is C23H30BrN3O3. The second-order valence-electron chi connectivity index (χ2n) is 7.56. The molecule has 6 nitrogen and oxygen atoms in total. The van der Waals surface area contributed by atoms with Crippen LogP contribution in [0.2, 0.25) is 0 Å². The lowest BCUT2D eigenvalue weighted by molar-refractivity contribution is 0.157. The van der Waals surface area contributed by atoms with E-state index in [1.807, 2.05) is 53.4 Å². The van der Waals surface area contributed by atoms with Gasteiger partial charge in [-0.05, 0) is 52.7 Å². The Kier molecular flexibility index (Phi) is 8.54. The lowest BCUT2D eigenvalue weighted by Gasteiger charge is -2.17. The Bertz CT molecular complexity index is 819. The number of amides is 2. The van der Waals surface area contributed by atoms with Gasteiger partial charge in [0.1, 0.15) is 5.75 Å². The summed E-state index contributed by atoms with van der Waals surface area (Å²) in [5.41, 5.74) is 2.20. The zero-order chi connectivity index (χ0) is 21.3. The van der Waals surface area contributed by atoms with Crippen molar-refractivity contribution in [2.45, 2.75) is 19.0 Å². The molecule has 1 aliphatic heterocycles. The lowest BCUT2D eigenvalue weighted by atomic mass is 10.1. The molecule has 7 heteroatoms. The van der Waals surface area contributed by atoms with E-state index in [1.165, 1.54) is 0 Å². The van der Waals surface area contributed by atoms with E-state index in [2.05, 4.69) is 33.2 Å². The minimum absolute atomic E-state index is 0.0297. The number of urea groups is 1. The Balaban J connectivity index is 1.47. The maximum Gasteiger partial charge on any atom is 0.318 e. The smallest absolute Gasteiger partial charge is 0.318 e. The highest BCUT2D eigenvalue weighted by Gasteiger charge is 2.29. The van der Waals surface area contributed by atoms with Crippen molar-refractivity contribution in [3.05, 3.63) is 64.1 Å². The van der Waals surface area contributed by atoms with E-state index in [9.17, 15) is 4.79 Å². The van der Waals surface area contributed by atoms with Crippen molar-refractivity contribution in [3.8, 4) is 5.75 Å². The van der Waals surface area contributed by atoms with Crippen LogP contribution in [0, 0.1) is 0 Å². The summed E-state index contributed by atoms with van der Waals surface area (Å²) in [6.07, 6.45) is 0.948. The number of methoxy groups -OCH3 is 1. The molecule has 0 aliphatic carbocycles. The molecule has 2 aromatic rings. The summed E-state index contributed by atoms with van der Waals surface area (Å²) in [5.74, 6) is 0.825. The number of carbonyl (C=O) groups is 1. The molecule has 2 aromatic carbocycles. The van der Waals surface area contributed by atoms with Gasteiger partial charge in [0, 0.05) is 33.3 Å². The van der Waals surface area contributed by atoms with E-state index in [1.54, 1.807) is 7.11 Å². The van der Waals surface area contributed by atoms with E-state index in [4.69, 9.17) is 9.47 Å². The Morgan fingerprint density at radius 3 is 2.70 bits per heavy atom. The molecule has 2 amide bonds. The van der Waals surface area contributed by atoms with E-state index < -0.39 is 0 Å². The van der Waals surface area contributed by atoms with Crippen LogP contribution in [0.1, 0.15) is 23.6 Å². The Hall–Kier alpha value is -2.09. The standard InChI is InChI=1S/C23H30BrN3O3/c1-26(12-14-29-2)11-6-13-30-22-10-9-18(15-20(22)24)16-27-17-21(25-23(27)28)19-7-4-3-5-8-19/h3-5,7-10,15,21H,6,11-14,16-17H2,1-2H3,(H,25,28)/t21-/m1/s1. The van der Waals surface area contributed by atoms with Crippen molar-refractivity contribution >= 4 is 22.0 Å². The molecule has 1 heterocycles. The van der Waals surface area contributed by atoms with Crippen LogP contribution in [0.15, 0.2) is 53.0 Å². The Morgan fingerprint density at radius 2 is 1.97 bits per heavy atom. The van der Waals surface area contributed by atoms with E-state index in [0.29, 0.717) is 19.7 Å². The number of nitrogens with one attached hydrogen (secondary N) is 1. The van der Waals surface area contributed by atoms with Gasteiger partial charge in [-0.2, -0.15) is 0 Å². The average molecular weight is 476 g/mol. The highest BCUT2D eigenvalue weighted by molar-refractivity contribution is 9.10. The van der Waals surface area contributed by atoms with Crippen LogP contribution in [0.25, 0.3) is 0 Å². The van der Waals surface area contributed by atoms with E-state index in [0.717, 1.165) is 47.5 Å². The Morgan fingerprint density at radius 1 is 1.17 bits per heavy atom. The minimum Gasteiger partial charge on any atom is -0.492 e. The van der Waals surface area contributed by atoms with Crippen molar-refractivity contribution in [2.75, 3.05) is 47.0 Å². The first-order valence-corrected chi connectivity index (χ1v) is 11.0. The molecule has 1 atom stereocenters. The number of hydrogen-bond donors (Lipinski definition) is 1. The topological polar surface area (TPSA) is 54.0 Å². The fraction of sp³-hybridized carbons (Fsp3) is 0.435. The fourth-order valence-corrected chi connectivity index (χ4v) is 4.00. The molecule has 0 radical (unpaired) electrons. The van der Waals surface area contributed by atoms with Crippen molar-refractivity contribution in [2.24, 2.45) is 0 Å². The zero-order valence-electron chi connectivity index (χ0n) is 17.6. The minimum atomic E-state index is -0.0297. The molecule has 0 spiro atoms. The number of halogens is 1. The van der Waals surface area contributed by atoms with Gasteiger partial charge in [0.2, 0.25) is 0 Å². The molecule has 162 valence electrons. The van der Waals surface area contributed by atoms with Gasteiger partial charge < -0.3 is 24.6 Å². The van der Waals surface area contributed by atoms with Gasteiger partial charge in [0.05, 0.1) is 23.7 Å². The van der Waals surface area contributed by atoms with Crippen molar-refractivity contribution in [3.63, 3.8) is 0 Å². The van der Waals surface area contributed by atoms with Crippen LogP contribution in [0.3, 0.4) is 0 Å². The van der Waals surface area contributed by atoms with Gasteiger partial charge in [-0.15, -0.1) is 0 Å². The number of likely N-dealkylation sites (N-methyl/N-ethyl adjacent to an activating group) is 1. The number of nitrogens with zero attached hydrogens (tertiary/aromatic N) is 2. The Labute approximate surface area is 187 Å². The molecule has 1 saturated heterocycles. The molecule has 1 N–H and O–H groups in total. The second kappa shape index (κ2) is 11.3. The van der Waals surface area contributed by atoms with Gasteiger partial charge in [-0.1, -0.05) is 36.4 Å². The van der Waals surface area contributed by atoms with Crippen LogP contribution >= 0.6 is 15.9 Å². The van der Waals surface area contributed by atoms with E-state index in [-0.39, 0.29) is 12.1 Å². The molecule has 3 rings (SSSR count). The third kappa shape index (κ3) is 6.45. The maximum atomic E-state index is 12.4. The second-order valence-corrected chi connectivity index (χ2v) is 8.41. The van der Waals surface area contributed by atoms with Gasteiger partial charge in [-0.3, -0.25) is 0 Å². The summed E-state index contributed by atoms with van der Waals surface area (Å²) in [6, 6.07) is 16.1. The highest BCUT2D eigenvalue weighted by atomic mass is 79.9. The van der Waals surface area contributed by atoms with Crippen molar-refractivity contribution in [1.29, 1.82) is 0 Å². The molecule has 1 aliphatic rings. The van der Waals surface area contributed by atoms with Gasteiger partial charge in [0.15, 0.2) is 0 Å². The first-order chi connectivity index (χ1) is 14.6. The molecular weight excluding hydrogens is 446 g/mol. The van der Waals surface area contributed by atoms with Crippen LogP contribution in [-0.2, 0) is 11.3 Å². The average Bonchev–Trinajstić information content (AvgIpc) is 3.12. The first kappa shape index (κ1) is 22.6. The fourth-order valence-electron chi connectivity index (χ4n) is 3.46. The van der Waals surface area contributed by atoms with Gasteiger partial charge in [-0.25, -0.2) is 4.79 Å². The molecule has 0 saturated carbocycles. The SMILES string of the molecule is COCCN(C)CCCOc1ccc(CN2C[C@H](c3ccccc3)NC2=O)cc1Br. The number of rotatable bonds is 11. The monoisotopic (exact) mass is 475 g/mol. The maximum absolute atomic E-state index is 12.4. The van der Waals surface area contributed by atoms with Crippen molar-refractivity contribution in [1.82, 2.24) is 15.1 Å². The van der Waals surface area contributed by atoms with Crippen molar-refractivity contribution < 1.29 is 14.3 Å². The van der Waals surface area contributed by atoms with Crippen LogP contribution < -0.4 is 10.1 Å². The van der Waals surface area contributed by atoms with Crippen LogP contribution in [0.5, 0.6) is 5.75 Å². The summed E-state index contributed by atoms with van der Waals surface area (Å²) in [4.78, 5) is 16.5. The predicted molar refractivity (Wildman–Crippen MR) is 122 cm³/mol. The molecule has 0 bridgehead atoms. The molecule has 30 heavy (non-hydrogen) atoms. The highest BCUT2D eigenvalue weighted by Crippen LogP contribution is 2.28. The largest absolute Gasteiger partial charge is 0.492 e. The zero-order valence-corrected chi connectivity index (χ0v) is 19.2. The molecule has 0 aromatic heterocycles. The number of hydrogen-bond acceptors (Lipinski definition) is 4. The van der Waals surface area contributed by atoms with Crippen LogP contribution in [-0.4, -0.2) is 62.8 Å². The van der Waals surface area contributed by atoms with E-state index >= 15 is 0 Å². The quantitative estimate of drug-likeness (QED) is 0.497. The summed E-state index contributed by atoms with van der Waals surface area (Å²) < 4.78 is 11.9. The number of benzene rings is 2. The first-order valence-electron chi connectivity index (χ1n) is 10.3. The van der Waals surface area contributed by atoms with Gasteiger partial charge in [0.25, 0.3) is 0 Å². The summed E-state index contributed by atoms with van der Waals surface area (Å²) in [7, 11) is 3.80. The van der Waals surface area contributed by atoms with Gasteiger partial charge >= 0.3 is 6.03 Å². The summed E-state index contributed by atoms with van der Waals surface area (Å²) >= 11 is 3.60. The van der Waals surface area contributed by atoms with Crippen LogP contribution in [0.4, 0.5) is 4.79 Å². The molecule has 0 unspecified atom stereocenters. The number of carbonyl (C=O) groups excluding carboxylic acids is 1. The third-order valence-electron chi connectivity index (χ3n) is 5.18. The summed E-state index contributed by atoms with van der Waals surface area (Å²) in [6.45, 7) is 4.51. The normalized spacial score (nSPS) is 16.2.